The molecule has 1 atom stereocenters. The number of ether oxygens (including phenoxy) is 2. The number of carbonyl (C=O) groups is 1. The molecule has 0 saturated heterocycles. The maximum Gasteiger partial charge on any atom is 0.188 e. The van der Waals surface area contributed by atoms with Crippen molar-refractivity contribution < 1.29 is 18.7 Å². The van der Waals surface area contributed by atoms with E-state index in [4.69, 9.17) is 15.2 Å². The lowest BCUT2D eigenvalue weighted by Gasteiger charge is -2.20. The van der Waals surface area contributed by atoms with E-state index in [1.54, 1.807) is 26.2 Å². The van der Waals surface area contributed by atoms with Crippen LogP contribution in [0.1, 0.15) is 40.3 Å². The average molecular weight is 421 g/mol. The first-order chi connectivity index (χ1) is 14.9. The Kier molecular flexibility index (Phi) is 5.40. The number of aromatic nitrogens is 3. The number of ketones is 1. The highest BCUT2D eigenvalue weighted by atomic mass is 19.1. The summed E-state index contributed by atoms with van der Waals surface area (Å²) in [6.45, 7) is 1.74. The highest BCUT2D eigenvalue weighted by molar-refractivity contribution is 5.98. The Balaban J connectivity index is 1.87. The summed E-state index contributed by atoms with van der Waals surface area (Å²) >= 11 is 0. The molecular formula is C22H20FN5O3. The highest BCUT2D eigenvalue weighted by Gasteiger charge is 2.23. The van der Waals surface area contributed by atoms with Crippen LogP contribution in [-0.4, -0.2) is 33.8 Å². The van der Waals surface area contributed by atoms with Crippen molar-refractivity contribution in [1.29, 1.82) is 5.26 Å². The van der Waals surface area contributed by atoms with Crippen molar-refractivity contribution in [2.75, 3.05) is 18.9 Å². The van der Waals surface area contributed by atoms with Crippen LogP contribution in [0.4, 0.5) is 10.2 Å². The molecule has 0 amide bonds. The lowest BCUT2D eigenvalue weighted by molar-refractivity contribution is 0.0760. The summed E-state index contributed by atoms with van der Waals surface area (Å²) in [5.74, 6) is -0.372. The number of nitrogens with two attached hydrogens (primary N) is 1. The van der Waals surface area contributed by atoms with Gasteiger partial charge in [0.1, 0.15) is 30.3 Å². The van der Waals surface area contributed by atoms with Gasteiger partial charge in [-0.3, -0.25) is 9.48 Å². The molecule has 0 radical (unpaired) electrons. The molecule has 2 aromatic heterocycles. The first-order valence-electron chi connectivity index (χ1n) is 9.68. The van der Waals surface area contributed by atoms with Crippen molar-refractivity contribution in [1.82, 2.24) is 14.8 Å². The van der Waals surface area contributed by atoms with E-state index in [0.717, 1.165) is 0 Å². The van der Waals surface area contributed by atoms with E-state index in [1.165, 1.54) is 22.9 Å². The van der Waals surface area contributed by atoms with Gasteiger partial charge >= 0.3 is 0 Å². The lowest BCUT2D eigenvalue weighted by atomic mass is 9.99. The first-order valence-corrected chi connectivity index (χ1v) is 9.68. The number of benzene rings is 1. The molecule has 2 N–H and O–H groups in total. The summed E-state index contributed by atoms with van der Waals surface area (Å²) in [6, 6.07) is 7.76. The standard InChI is InChI=1S/C22H20FN5O3/c1-12-16-8-14(23)3-4-15(16)19(29)11-30-6-5-17-21(18(9-24)28(2)27-17)13-7-20(31-12)22(25)26-10-13/h3-4,7-8,10,12H,5-6,11H2,1-2H3,(H2,25,26)/t12-/m1/s1. The van der Waals surface area contributed by atoms with Crippen LogP contribution in [0.3, 0.4) is 0 Å². The number of nitriles is 1. The van der Waals surface area contributed by atoms with Gasteiger partial charge in [-0.25, -0.2) is 9.37 Å². The molecule has 158 valence electrons. The van der Waals surface area contributed by atoms with Crippen LogP contribution in [-0.2, 0) is 18.2 Å². The highest BCUT2D eigenvalue weighted by Crippen LogP contribution is 2.34. The van der Waals surface area contributed by atoms with Crippen molar-refractivity contribution in [3.63, 3.8) is 0 Å². The van der Waals surface area contributed by atoms with Crippen molar-refractivity contribution in [2.45, 2.75) is 19.4 Å². The first kappa shape index (κ1) is 20.5. The zero-order chi connectivity index (χ0) is 22.1. The molecular weight excluding hydrogens is 401 g/mol. The second-order valence-electron chi connectivity index (χ2n) is 7.23. The van der Waals surface area contributed by atoms with Crippen LogP contribution >= 0.6 is 0 Å². The Morgan fingerprint density at radius 1 is 1.35 bits per heavy atom. The van der Waals surface area contributed by atoms with Gasteiger partial charge in [-0.1, -0.05) is 0 Å². The molecule has 0 aliphatic carbocycles. The zero-order valence-corrected chi connectivity index (χ0v) is 17.1. The molecule has 1 aliphatic heterocycles. The molecule has 3 heterocycles. The minimum Gasteiger partial charge on any atom is -0.482 e. The number of aryl methyl sites for hydroxylation is 1. The second-order valence-corrected chi connectivity index (χ2v) is 7.23. The van der Waals surface area contributed by atoms with Crippen LogP contribution in [0.15, 0.2) is 30.5 Å². The number of hydrogen-bond acceptors (Lipinski definition) is 7. The minimum absolute atomic E-state index is 0.138. The Bertz CT molecular complexity index is 1210. The summed E-state index contributed by atoms with van der Waals surface area (Å²) in [5, 5.41) is 14.1. The number of anilines is 1. The molecule has 3 aromatic rings. The normalized spacial score (nSPS) is 16.5. The van der Waals surface area contributed by atoms with Crippen LogP contribution in [0.5, 0.6) is 5.75 Å². The second kappa shape index (κ2) is 8.16. The van der Waals surface area contributed by atoms with Gasteiger partial charge in [0.2, 0.25) is 0 Å². The van der Waals surface area contributed by atoms with E-state index in [2.05, 4.69) is 16.2 Å². The Morgan fingerprint density at radius 3 is 2.94 bits per heavy atom. The Hall–Kier alpha value is -3.77. The molecule has 1 aromatic carbocycles. The zero-order valence-electron chi connectivity index (χ0n) is 17.1. The smallest absolute Gasteiger partial charge is 0.188 e. The summed E-state index contributed by atoms with van der Waals surface area (Å²) < 4.78 is 27.0. The number of Topliss-reactive ketones (excluding diaryl/α,β-unsaturated/α-hetero) is 1. The van der Waals surface area contributed by atoms with Gasteiger partial charge in [-0.15, -0.1) is 0 Å². The maximum atomic E-state index is 13.9. The van der Waals surface area contributed by atoms with Crippen molar-refractivity contribution in [3.05, 3.63) is 58.8 Å². The van der Waals surface area contributed by atoms with Gasteiger partial charge < -0.3 is 15.2 Å². The monoisotopic (exact) mass is 421 g/mol. The quantitative estimate of drug-likeness (QED) is 0.593. The third-order valence-electron chi connectivity index (χ3n) is 5.17. The van der Waals surface area contributed by atoms with E-state index in [1.807, 2.05) is 0 Å². The van der Waals surface area contributed by atoms with E-state index >= 15 is 0 Å². The third-order valence-corrected chi connectivity index (χ3v) is 5.17. The predicted molar refractivity (Wildman–Crippen MR) is 110 cm³/mol. The molecule has 9 heteroatoms. The summed E-state index contributed by atoms with van der Waals surface area (Å²) in [7, 11) is 1.68. The van der Waals surface area contributed by atoms with Gasteiger partial charge in [0.15, 0.2) is 17.4 Å². The molecule has 0 saturated carbocycles. The van der Waals surface area contributed by atoms with Crippen molar-refractivity contribution in [2.24, 2.45) is 7.05 Å². The number of nitrogens with zero attached hydrogens (tertiary/aromatic N) is 4. The molecule has 1 aliphatic rings. The fourth-order valence-electron chi connectivity index (χ4n) is 3.66. The van der Waals surface area contributed by atoms with Gasteiger partial charge in [-0.2, -0.15) is 10.4 Å². The van der Waals surface area contributed by atoms with E-state index < -0.39 is 11.9 Å². The van der Waals surface area contributed by atoms with Gasteiger partial charge in [-0.05, 0) is 31.2 Å². The molecule has 0 unspecified atom stereocenters. The topological polar surface area (TPSA) is 116 Å². The predicted octanol–water partition coefficient (Wildman–Crippen LogP) is 2.97. The van der Waals surface area contributed by atoms with Crippen LogP contribution < -0.4 is 10.5 Å². The Labute approximate surface area is 178 Å². The SMILES string of the molecule is C[C@H]1Oc2cc(cnc2N)-c2c(nn(C)c2C#N)CCOCC(=O)c2ccc(F)cc21. The summed E-state index contributed by atoms with van der Waals surface area (Å²) in [4.78, 5) is 16.9. The minimum atomic E-state index is -0.694. The largest absolute Gasteiger partial charge is 0.482 e. The van der Waals surface area contributed by atoms with Crippen LogP contribution in [0.2, 0.25) is 0 Å². The van der Waals surface area contributed by atoms with E-state index in [9.17, 15) is 14.4 Å². The number of carbonyl (C=O) groups excluding carboxylic acids is 1. The van der Waals surface area contributed by atoms with Gasteiger partial charge in [0, 0.05) is 41.9 Å². The number of nitrogen functional groups attached to an aromatic ring is 1. The van der Waals surface area contributed by atoms with Crippen molar-refractivity contribution >= 4 is 11.6 Å². The molecule has 8 nitrogen and oxygen atoms in total. The Morgan fingerprint density at radius 2 is 2.16 bits per heavy atom. The van der Waals surface area contributed by atoms with Gasteiger partial charge in [0.05, 0.1) is 12.3 Å². The maximum absolute atomic E-state index is 13.9. The average Bonchev–Trinajstić information content (AvgIpc) is 3.07. The van der Waals surface area contributed by atoms with Crippen LogP contribution in [0, 0.1) is 17.1 Å². The number of pyridine rings is 1. The summed E-state index contributed by atoms with van der Waals surface area (Å²) in [5.41, 5.74) is 8.94. The number of rotatable bonds is 0. The molecule has 4 rings (SSSR count). The van der Waals surface area contributed by atoms with Crippen LogP contribution in [0.25, 0.3) is 11.1 Å². The molecule has 0 fully saturated rings. The molecule has 2 bridgehead atoms. The number of hydrogen-bond donors (Lipinski definition) is 1. The van der Waals surface area contributed by atoms with Crippen molar-refractivity contribution in [3.8, 4) is 22.9 Å². The fourth-order valence-corrected chi connectivity index (χ4v) is 3.66. The molecule has 0 spiro atoms. The fraction of sp³-hybridized carbons (Fsp3) is 0.273. The molecule has 31 heavy (non-hydrogen) atoms. The van der Waals surface area contributed by atoms with E-state index in [0.29, 0.717) is 40.1 Å². The van der Waals surface area contributed by atoms with E-state index in [-0.39, 0.29) is 30.6 Å². The van der Waals surface area contributed by atoms with Gasteiger partial charge in [0.25, 0.3) is 0 Å². The summed E-state index contributed by atoms with van der Waals surface area (Å²) in [6.07, 6.45) is 1.24. The number of fused-ring (bicyclic) bond motifs is 5. The number of halogens is 1. The third kappa shape index (κ3) is 3.85. The lowest BCUT2D eigenvalue weighted by Crippen LogP contribution is -2.17.